The summed E-state index contributed by atoms with van der Waals surface area (Å²) in [4.78, 5) is 2.54. The molecule has 1 unspecified atom stereocenters. The zero-order valence-electron chi connectivity index (χ0n) is 11.9. The summed E-state index contributed by atoms with van der Waals surface area (Å²) in [5.41, 5.74) is 0.819. The third-order valence-electron chi connectivity index (χ3n) is 3.90. The number of hydrogen-bond donors (Lipinski definition) is 0. The minimum absolute atomic E-state index is 0.311. The van der Waals surface area contributed by atoms with Gasteiger partial charge in [-0.2, -0.15) is 4.31 Å². The van der Waals surface area contributed by atoms with Crippen LogP contribution in [0.5, 0.6) is 0 Å². The second-order valence-corrected chi connectivity index (χ2v) is 7.66. The van der Waals surface area contributed by atoms with Gasteiger partial charge in [0.05, 0.1) is 4.90 Å². The van der Waals surface area contributed by atoms with Gasteiger partial charge in [0.15, 0.2) is 0 Å². The zero-order valence-corrected chi connectivity index (χ0v) is 13.5. The number of alkyl halides is 1. The van der Waals surface area contributed by atoms with Crippen LogP contribution in [0.1, 0.15) is 18.4 Å². The Kier molecular flexibility index (Phi) is 5.07. The number of nitrogens with zero attached hydrogens (tertiary/aromatic N) is 2. The molecule has 1 saturated heterocycles. The normalized spacial score (nSPS) is 20.7. The van der Waals surface area contributed by atoms with Gasteiger partial charge in [-0.3, -0.25) is 0 Å². The van der Waals surface area contributed by atoms with Crippen LogP contribution < -0.4 is 0 Å². The maximum absolute atomic E-state index is 12.6. The Labute approximate surface area is 126 Å². The molecule has 2 rings (SSSR count). The molecule has 0 bridgehead atoms. The predicted molar refractivity (Wildman–Crippen MR) is 81.5 cm³/mol. The lowest BCUT2D eigenvalue weighted by Crippen LogP contribution is -2.39. The van der Waals surface area contributed by atoms with E-state index < -0.39 is 10.0 Å². The van der Waals surface area contributed by atoms with E-state index in [2.05, 4.69) is 4.90 Å². The molecule has 1 atom stereocenters. The molecule has 1 aliphatic heterocycles. The van der Waals surface area contributed by atoms with E-state index in [1.807, 2.05) is 13.1 Å². The molecule has 112 valence electrons. The average molecular weight is 317 g/mol. The van der Waals surface area contributed by atoms with E-state index in [4.69, 9.17) is 11.6 Å². The fourth-order valence-corrected chi connectivity index (χ4v) is 4.02. The van der Waals surface area contributed by atoms with E-state index in [1.54, 1.807) is 25.2 Å². The maximum atomic E-state index is 12.6. The number of sulfonamides is 1. The van der Waals surface area contributed by atoms with Crippen molar-refractivity contribution < 1.29 is 8.42 Å². The molecule has 0 aromatic heterocycles. The Morgan fingerprint density at radius 1 is 1.45 bits per heavy atom. The SMILES string of the molecule is CN1CCCC1CN(C)S(=O)(=O)c1cccc(CCl)c1. The van der Waals surface area contributed by atoms with E-state index in [0.29, 0.717) is 23.4 Å². The van der Waals surface area contributed by atoms with E-state index in [0.717, 1.165) is 24.9 Å². The molecule has 1 aliphatic rings. The highest BCUT2D eigenvalue weighted by Crippen LogP contribution is 2.21. The van der Waals surface area contributed by atoms with E-state index in [1.165, 1.54) is 4.31 Å². The highest BCUT2D eigenvalue weighted by Gasteiger charge is 2.28. The lowest BCUT2D eigenvalue weighted by molar-refractivity contribution is 0.271. The van der Waals surface area contributed by atoms with Gasteiger partial charge >= 0.3 is 0 Å². The molecule has 1 aromatic rings. The number of halogens is 1. The van der Waals surface area contributed by atoms with Crippen LogP contribution in [-0.4, -0.2) is 50.8 Å². The molecule has 0 spiro atoms. The van der Waals surface area contributed by atoms with Gasteiger partial charge in [-0.1, -0.05) is 12.1 Å². The van der Waals surface area contributed by atoms with Crippen LogP contribution in [0, 0.1) is 0 Å². The Balaban J connectivity index is 2.16. The van der Waals surface area contributed by atoms with Gasteiger partial charge in [-0.05, 0) is 44.1 Å². The minimum Gasteiger partial charge on any atom is -0.302 e. The Bertz CT molecular complexity index is 562. The molecule has 0 N–H and O–H groups in total. The summed E-state index contributed by atoms with van der Waals surface area (Å²) in [6.45, 7) is 1.57. The lowest BCUT2D eigenvalue weighted by Gasteiger charge is -2.25. The first-order valence-corrected chi connectivity index (χ1v) is 8.74. The van der Waals surface area contributed by atoms with Crippen molar-refractivity contribution in [1.29, 1.82) is 0 Å². The van der Waals surface area contributed by atoms with Crippen molar-refractivity contribution in [2.75, 3.05) is 27.2 Å². The summed E-state index contributed by atoms with van der Waals surface area (Å²) in [5.74, 6) is 0.318. The van der Waals surface area contributed by atoms with Crippen LogP contribution in [0.25, 0.3) is 0 Å². The maximum Gasteiger partial charge on any atom is 0.242 e. The number of benzene rings is 1. The standard InChI is InChI=1S/C14H21ClN2O2S/c1-16-8-4-6-13(16)11-17(2)20(18,19)14-7-3-5-12(9-14)10-15/h3,5,7,9,13H,4,6,8,10-11H2,1-2H3. The summed E-state index contributed by atoms with van der Waals surface area (Å²) < 4.78 is 26.6. The average Bonchev–Trinajstić information content (AvgIpc) is 2.84. The fourth-order valence-electron chi connectivity index (χ4n) is 2.57. The minimum atomic E-state index is -3.43. The van der Waals surface area contributed by atoms with E-state index in [-0.39, 0.29) is 0 Å². The Morgan fingerprint density at radius 3 is 2.80 bits per heavy atom. The zero-order chi connectivity index (χ0) is 14.8. The Hall–Kier alpha value is -0.620. The van der Waals surface area contributed by atoms with Crippen molar-refractivity contribution >= 4 is 21.6 Å². The highest BCUT2D eigenvalue weighted by atomic mass is 35.5. The fraction of sp³-hybridized carbons (Fsp3) is 0.571. The quantitative estimate of drug-likeness (QED) is 0.781. The van der Waals surface area contributed by atoms with Crippen molar-refractivity contribution in [2.45, 2.75) is 29.7 Å². The van der Waals surface area contributed by atoms with Crippen LogP contribution in [0.3, 0.4) is 0 Å². The van der Waals surface area contributed by atoms with Gasteiger partial charge in [-0.25, -0.2) is 8.42 Å². The first-order valence-electron chi connectivity index (χ1n) is 6.76. The largest absolute Gasteiger partial charge is 0.302 e. The van der Waals surface area contributed by atoms with Crippen LogP contribution in [-0.2, 0) is 15.9 Å². The molecular formula is C14H21ClN2O2S. The summed E-state index contributed by atoms with van der Waals surface area (Å²) in [7, 11) is 0.261. The van der Waals surface area contributed by atoms with Gasteiger partial charge < -0.3 is 4.90 Å². The van der Waals surface area contributed by atoms with E-state index in [9.17, 15) is 8.42 Å². The van der Waals surface area contributed by atoms with Crippen LogP contribution >= 0.6 is 11.6 Å². The molecule has 0 amide bonds. The van der Waals surface area contributed by atoms with Crippen molar-refractivity contribution in [3.05, 3.63) is 29.8 Å². The molecule has 0 aliphatic carbocycles. The lowest BCUT2D eigenvalue weighted by atomic mass is 10.2. The van der Waals surface area contributed by atoms with Gasteiger partial charge in [0, 0.05) is 25.5 Å². The first-order chi connectivity index (χ1) is 9.45. The van der Waals surface area contributed by atoms with Crippen molar-refractivity contribution in [3.63, 3.8) is 0 Å². The molecule has 1 heterocycles. The van der Waals surface area contributed by atoms with Gasteiger partial charge in [-0.15, -0.1) is 11.6 Å². The van der Waals surface area contributed by atoms with Crippen molar-refractivity contribution in [3.8, 4) is 0 Å². The number of hydrogen-bond acceptors (Lipinski definition) is 3. The summed E-state index contributed by atoms with van der Waals surface area (Å²) in [5, 5.41) is 0. The van der Waals surface area contributed by atoms with Crippen molar-refractivity contribution in [2.24, 2.45) is 0 Å². The first kappa shape index (κ1) is 15.8. The summed E-state index contributed by atoms with van der Waals surface area (Å²) in [6.07, 6.45) is 2.19. The van der Waals surface area contributed by atoms with Crippen LogP contribution in [0.4, 0.5) is 0 Å². The second-order valence-electron chi connectivity index (χ2n) is 5.34. The smallest absolute Gasteiger partial charge is 0.242 e. The summed E-state index contributed by atoms with van der Waals surface area (Å²) in [6, 6.07) is 7.15. The third kappa shape index (κ3) is 3.34. The van der Waals surface area contributed by atoms with Crippen LogP contribution in [0.2, 0.25) is 0 Å². The Morgan fingerprint density at radius 2 is 2.20 bits per heavy atom. The van der Waals surface area contributed by atoms with Crippen LogP contribution in [0.15, 0.2) is 29.2 Å². The topological polar surface area (TPSA) is 40.6 Å². The van der Waals surface area contributed by atoms with E-state index >= 15 is 0 Å². The number of rotatable bonds is 5. The molecule has 20 heavy (non-hydrogen) atoms. The number of likely N-dealkylation sites (tertiary alicyclic amines) is 1. The molecule has 4 nitrogen and oxygen atoms in total. The monoisotopic (exact) mass is 316 g/mol. The molecule has 0 saturated carbocycles. The van der Waals surface area contributed by atoms with Gasteiger partial charge in [0.2, 0.25) is 10.0 Å². The molecule has 6 heteroatoms. The van der Waals surface area contributed by atoms with Gasteiger partial charge in [0.25, 0.3) is 0 Å². The van der Waals surface area contributed by atoms with Gasteiger partial charge in [0.1, 0.15) is 0 Å². The predicted octanol–water partition coefficient (Wildman–Crippen LogP) is 2.14. The second kappa shape index (κ2) is 6.43. The highest BCUT2D eigenvalue weighted by molar-refractivity contribution is 7.89. The molecule has 0 radical (unpaired) electrons. The van der Waals surface area contributed by atoms with Crippen molar-refractivity contribution in [1.82, 2.24) is 9.21 Å². The third-order valence-corrected chi connectivity index (χ3v) is 6.03. The molecule has 1 aromatic carbocycles. The molecular weight excluding hydrogens is 296 g/mol. The number of likely N-dealkylation sites (N-methyl/N-ethyl adjacent to an activating group) is 2. The summed E-state index contributed by atoms with van der Waals surface area (Å²) >= 11 is 5.77. The molecule has 1 fully saturated rings.